The van der Waals surface area contributed by atoms with E-state index in [1.54, 1.807) is 25.1 Å². The molecule has 5 heteroatoms. The lowest BCUT2D eigenvalue weighted by Gasteiger charge is -2.10. The second kappa shape index (κ2) is 5.63. The number of nitrogens with zero attached hydrogens (tertiary/aromatic N) is 2. The number of ether oxygens (including phenoxy) is 1. The summed E-state index contributed by atoms with van der Waals surface area (Å²) in [5, 5.41) is 0. The van der Waals surface area contributed by atoms with Crippen molar-refractivity contribution in [3.63, 3.8) is 0 Å². The quantitative estimate of drug-likeness (QED) is 0.802. The standard InChI is InChI=1S/C15H18N2O3/c1-2-19-15(18)11-5-6-13-12(9-11)16-14(20-13)10-17-7-3-4-8-17/h5-6,9H,2-4,7-8,10H2,1H3. The molecule has 5 nitrogen and oxygen atoms in total. The molecule has 106 valence electrons. The van der Waals surface area contributed by atoms with Gasteiger partial charge >= 0.3 is 5.97 Å². The van der Waals surface area contributed by atoms with Crippen molar-refractivity contribution in [2.24, 2.45) is 0 Å². The molecule has 0 radical (unpaired) electrons. The summed E-state index contributed by atoms with van der Waals surface area (Å²) in [7, 11) is 0. The number of carbonyl (C=O) groups excluding carboxylic acids is 1. The first-order valence-electron chi connectivity index (χ1n) is 7.05. The molecule has 1 aliphatic heterocycles. The lowest BCUT2D eigenvalue weighted by atomic mass is 10.2. The zero-order valence-corrected chi connectivity index (χ0v) is 11.6. The number of oxazole rings is 1. The smallest absolute Gasteiger partial charge is 0.338 e. The third kappa shape index (κ3) is 2.67. The number of fused-ring (bicyclic) bond motifs is 1. The minimum atomic E-state index is -0.321. The SMILES string of the molecule is CCOC(=O)c1ccc2oc(CN3CCCC3)nc2c1. The summed E-state index contributed by atoms with van der Waals surface area (Å²) in [6.07, 6.45) is 2.49. The largest absolute Gasteiger partial charge is 0.462 e. The van der Waals surface area contributed by atoms with E-state index in [0.29, 0.717) is 29.2 Å². The molecule has 1 saturated heterocycles. The van der Waals surface area contributed by atoms with E-state index in [1.807, 2.05) is 0 Å². The number of carbonyl (C=O) groups is 1. The van der Waals surface area contributed by atoms with E-state index in [2.05, 4.69) is 9.88 Å². The van der Waals surface area contributed by atoms with Crippen molar-refractivity contribution < 1.29 is 13.9 Å². The van der Waals surface area contributed by atoms with Crippen LogP contribution >= 0.6 is 0 Å². The van der Waals surface area contributed by atoms with Crippen molar-refractivity contribution >= 4 is 17.1 Å². The van der Waals surface area contributed by atoms with Crippen molar-refractivity contribution in [1.29, 1.82) is 0 Å². The predicted octanol–water partition coefficient (Wildman–Crippen LogP) is 2.60. The van der Waals surface area contributed by atoms with Gasteiger partial charge in [0.1, 0.15) is 5.52 Å². The van der Waals surface area contributed by atoms with Gasteiger partial charge in [0.25, 0.3) is 0 Å². The van der Waals surface area contributed by atoms with Gasteiger partial charge in [0, 0.05) is 0 Å². The van der Waals surface area contributed by atoms with Crippen LogP contribution in [0.2, 0.25) is 0 Å². The van der Waals surface area contributed by atoms with Gasteiger partial charge in [0.05, 0.1) is 18.7 Å². The zero-order valence-electron chi connectivity index (χ0n) is 11.6. The van der Waals surface area contributed by atoms with Crippen molar-refractivity contribution in [2.45, 2.75) is 26.3 Å². The Kier molecular flexibility index (Phi) is 3.69. The average Bonchev–Trinajstić information content (AvgIpc) is 3.07. The number of esters is 1. The van der Waals surface area contributed by atoms with Crippen LogP contribution in [0.1, 0.15) is 36.0 Å². The molecule has 20 heavy (non-hydrogen) atoms. The molecule has 0 atom stereocenters. The third-order valence-electron chi connectivity index (χ3n) is 3.50. The Hall–Kier alpha value is -1.88. The first kappa shape index (κ1) is 13.1. The molecule has 0 amide bonds. The second-order valence-electron chi connectivity index (χ2n) is 4.99. The molecule has 0 spiro atoms. The highest BCUT2D eigenvalue weighted by Gasteiger charge is 2.16. The first-order chi connectivity index (χ1) is 9.76. The Labute approximate surface area is 117 Å². The fourth-order valence-electron chi connectivity index (χ4n) is 2.52. The number of benzene rings is 1. The molecule has 0 saturated carbocycles. The van der Waals surface area contributed by atoms with Crippen LogP contribution in [0, 0.1) is 0 Å². The van der Waals surface area contributed by atoms with Gasteiger partial charge in [0.2, 0.25) is 5.89 Å². The van der Waals surface area contributed by atoms with Gasteiger partial charge in [-0.25, -0.2) is 9.78 Å². The van der Waals surface area contributed by atoms with Gasteiger partial charge in [-0.1, -0.05) is 0 Å². The van der Waals surface area contributed by atoms with Gasteiger partial charge in [0.15, 0.2) is 5.58 Å². The van der Waals surface area contributed by atoms with Crippen LogP contribution in [0.5, 0.6) is 0 Å². The summed E-state index contributed by atoms with van der Waals surface area (Å²) >= 11 is 0. The van der Waals surface area contributed by atoms with E-state index in [1.165, 1.54) is 12.8 Å². The minimum absolute atomic E-state index is 0.321. The van der Waals surface area contributed by atoms with E-state index in [4.69, 9.17) is 9.15 Å². The topological polar surface area (TPSA) is 55.6 Å². The monoisotopic (exact) mass is 274 g/mol. The summed E-state index contributed by atoms with van der Waals surface area (Å²) in [4.78, 5) is 18.5. The molecule has 1 aliphatic rings. The second-order valence-corrected chi connectivity index (χ2v) is 4.99. The van der Waals surface area contributed by atoms with E-state index in [-0.39, 0.29) is 5.97 Å². The molecule has 3 rings (SSSR count). The molecule has 0 aliphatic carbocycles. The average molecular weight is 274 g/mol. The Morgan fingerprint density at radius 3 is 2.95 bits per heavy atom. The zero-order chi connectivity index (χ0) is 13.9. The normalized spacial score (nSPS) is 15.8. The van der Waals surface area contributed by atoms with Gasteiger partial charge in [-0.2, -0.15) is 0 Å². The van der Waals surface area contributed by atoms with Crippen LogP contribution in [0.4, 0.5) is 0 Å². The fraction of sp³-hybridized carbons (Fsp3) is 0.467. The van der Waals surface area contributed by atoms with Crippen LogP contribution < -0.4 is 0 Å². The maximum Gasteiger partial charge on any atom is 0.338 e. The van der Waals surface area contributed by atoms with Crippen LogP contribution in [0.15, 0.2) is 22.6 Å². The fourth-order valence-corrected chi connectivity index (χ4v) is 2.52. The van der Waals surface area contributed by atoms with E-state index >= 15 is 0 Å². The highest BCUT2D eigenvalue weighted by molar-refractivity contribution is 5.93. The van der Waals surface area contributed by atoms with Gasteiger partial charge in [-0.15, -0.1) is 0 Å². The highest BCUT2D eigenvalue weighted by Crippen LogP contribution is 2.20. The van der Waals surface area contributed by atoms with Crippen LogP contribution in [-0.2, 0) is 11.3 Å². The lowest BCUT2D eigenvalue weighted by molar-refractivity contribution is 0.0526. The molecule has 0 unspecified atom stereocenters. The molecular weight excluding hydrogens is 256 g/mol. The molecule has 2 aromatic rings. The first-order valence-corrected chi connectivity index (χ1v) is 7.05. The number of rotatable bonds is 4. The van der Waals surface area contributed by atoms with E-state index < -0.39 is 0 Å². The molecule has 1 aromatic carbocycles. The lowest BCUT2D eigenvalue weighted by Crippen LogP contribution is -2.18. The molecular formula is C15H18N2O3. The maximum absolute atomic E-state index is 11.7. The molecule has 2 heterocycles. The predicted molar refractivity (Wildman–Crippen MR) is 74.5 cm³/mol. The number of aromatic nitrogens is 1. The molecule has 1 fully saturated rings. The Morgan fingerprint density at radius 1 is 1.40 bits per heavy atom. The van der Waals surface area contributed by atoms with Crippen LogP contribution in [0.3, 0.4) is 0 Å². The number of likely N-dealkylation sites (tertiary alicyclic amines) is 1. The van der Waals surface area contributed by atoms with Gasteiger partial charge in [-0.3, -0.25) is 4.90 Å². The number of hydrogen-bond acceptors (Lipinski definition) is 5. The summed E-state index contributed by atoms with van der Waals surface area (Å²) in [5.74, 6) is 0.390. The van der Waals surface area contributed by atoms with Gasteiger partial charge in [-0.05, 0) is 51.1 Å². The Bertz CT molecular complexity index is 615. The van der Waals surface area contributed by atoms with E-state index in [0.717, 1.165) is 19.6 Å². The summed E-state index contributed by atoms with van der Waals surface area (Å²) in [5.41, 5.74) is 1.94. The number of hydrogen-bond donors (Lipinski definition) is 0. The molecule has 1 aromatic heterocycles. The van der Waals surface area contributed by atoms with Crippen LogP contribution in [-0.4, -0.2) is 35.5 Å². The van der Waals surface area contributed by atoms with Crippen molar-refractivity contribution in [3.8, 4) is 0 Å². The summed E-state index contributed by atoms with van der Waals surface area (Å²) < 4.78 is 10.7. The van der Waals surface area contributed by atoms with Crippen LogP contribution in [0.25, 0.3) is 11.1 Å². The Morgan fingerprint density at radius 2 is 2.20 bits per heavy atom. The Balaban J connectivity index is 1.81. The summed E-state index contributed by atoms with van der Waals surface area (Å²) in [6.45, 7) is 5.11. The van der Waals surface area contributed by atoms with E-state index in [9.17, 15) is 4.79 Å². The third-order valence-corrected chi connectivity index (χ3v) is 3.50. The van der Waals surface area contributed by atoms with Crippen molar-refractivity contribution in [3.05, 3.63) is 29.7 Å². The molecule has 0 N–H and O–H groups in total. The maximum atomic E-state index is 11.7. The highest BCUT2D eigenvalue weighted by atomic mass is 16.5. The molecule has 0 bridgehead atoms. The van der Waals surface area contributed by atoms with Crippen molar-refractivity contribution in [1.82, 2.24) is 9.88 Å². The minimum Gasteiger partial charge on any atom is -0.462 e. The summed E-state index contributed by atoms with van der Waals surface area (Å²) in [6, 6.07) is 5.22. The van der Waals surface area contributed by atoms with Crippen molar-refractivity contribution in [2.75, 3.05) is 19.7 Å². The van der Waals surface area contributed by atoms with Gasteiger partial charge < -0.3 is 9.15 Å².